The highest BCUT2D eigenvalue weighted by molar-refractivity contribution is 9.10. The number of carboxylic acid groups (broad SMARTS) is 1. The van der Waals surface area contributed by atoms with Gasteiger partial charge in [0.1, 0.15) is 0 Å². The molecular weight excluding hydrogens is 315 g/mol. The summed E-state index contributed by atoms with van der Waals surface area (Å²) in [5.41, 5.74) is -2.39. The van der Waals surface area contributed by atoms with E-state index < -0.39 is 17.7 Å². The molecule has 1 aromatic rings. The summed E-state index contributed by atoms with van der Waals surface area (Å²) < 4.78 is 38.8. The van der Waals surface area contributed by atoms with Gasteiger partial charge in [0.25, 0.3) is 0 Å². The lowest BCUT2D eigenvalue weighted by Gasteiger charge is -2.28. The van der Waals surface area contributed by atoms with Crippen molar-refractivity contribution in [1.82, 2.24) is 5.32 Å². The standard InChI is InChI=1S/C11H11BrF3NO2/c1-10(9(17)18,11(13,14)15)16-6-7-2-4-8(12)5-3-7/h2-5,16H,6H2,1H3,(H,17,18). The van der Waals surface area contributed by atoms with E-state index in [2.05, 4.69) is 15.9 Å². The van der Waals surface area contributed by atoms with Gasteiger partial charge in [0.05, 0.1) is 0 Å². The molecule has 3 nitrogen and oxygen atoms in total. The molecule has 100 valence electrons. The Kier molecular flexibility index (Phi) is 4.39. The van der Waals surface area contributed by atoms with E-state index in [4.69, 9.17) is 5.11 Å². The number of nitrogens with one attached hydrogen (secondary N) is 1. The van der Waals surface area contributed by atoms with Crippen LogP contribution in [0.4, 0.5) is 13.2 Å². The third kappa shape index (κ3) is 3.23. The topological polar surface area (TPSA) is 49.3 Å². The number of benzene rings is 1. The van der Waals surface area contributed by atoms with Crippen LogP contribution >= 0.6 is 15.9 Å². The summed E-state index contributed by atoms with van der Waals surface area (Å²) >= 11 is 3.20. The quantitative estimate of drug-likeness (QED) is 0.894. The highest BCUT2D eigenvalue weighted by Crippen LogP contribution is 2.30. The molecule has 1 rings (SSSR count). The smallest absolute Gasteiger partial charge is 0.417 e. The van der Waals surface area contributed by atoms with Gasteiger partial charge in [0, 0.05) is 11.0 Å². The first kappa shape index (κ1) is 15.0. The van der Waals surface area contributed by atoms with Crippen molar-refractivity contribution in [3.8, 4) is 0 Å². The van der Waals surface area contributed by atoms with Crippen LogP contribution in [0, 0.1) is 0 Å². The largest absolute Gasteiger partial charge is 0.480 e. The lowest BCUT2D eigenvalue weighted by atomic mass is 10.0. The normalized spacial score (nSPS) is 15.2. The number of halogens is 4. The predicted octanol–water partition coefficient (Wildman–Crippen LogP) is 2.94. The Morgan fingerprint density at radius 2 is 1.83 bits per heavy atom. The molecule has 0 aliphatic rings. The minimum absolute atomic E-state index is 0.185. The molecule has 0 aromatic heterocycles. The molecule has 0 saturated heterocycles. The molecule has 1 aromatic carbocycles. The second kappa shape index (κ2) is 5.27. The number of aliphatic carboxylic acids is 1. The number of hydrogen-bond acceptors (Lipinski definition) is 2. The minimum Gasteiger partial charge on any atom is -0.480 e. The van der Waals surface area contributed by atoms with Gasteiger partial charge in [-0.2, -0.15) is 13.2 Å². The summed E-state index contributed by atoms with van der Waals surface area (Å²) in [4.78, 5) is 10.8. The first-order valence-electron chi connectivity index (χ1n) is 4.96. The van der Waals surface area contributed by atoms with Crippen molar-refractivity contribution in [2.24, 2.45) is 0 Å². The van der Waals surface area contributed by atoms with Gasteiger partial charge in [0.15, 0.2) is 0 Å². The molecule has 0 amide bonds. The van der Waals surface area contributed by atoms with Crippen LogP contribution in [-0.2, 0) is 11.3 Å². The summed E-state index contributed by atoms with van der Waals surface area (Å²) in [6.07, 6.45) is -4.87. The van der Waals surface area contributed by atoms with Crippen molar-refractivity contribution in [3.63, 3.8) is 0 Å². The van der Waals surface area contributed by atoms with E-state index in [9.17, 15) is 18.0 Å². The average Bonchev–Trinajstić information content (AvgIpc) is 2.26. The Bertz CT molecular complexity index is 433. The van der Waals surface area contributed by atoms with E-state index in [0.717, 1.165) is 4.47 Å². The molecule has 0 bridgehead atoms. The molecule has 0 saturated carbocycles. The fourth-order valence-corrected chi connectivity index (χ4v) is 1.44. The molecule has 1 unspecified atom stereocenters. The van der Waals surface area contributed by atoms with Gasteiger partial charge in [-0.25, -0.2) is 4.79 Å². The Labute approximate surface area is 110 Å². The number of carboxylic acids is 1. The van der Waals surface area contributed by atoms with E-state index in [1.165, 1.54) is 0 Å². The van der Waals surface area contributed by atoms with Crippen LogP contribution < -0.4 is 5.32 Å². The molecule has 0 spiro atoms. The average molecular weight is 326 g/mol. The Balaban J connectivity index is 2.81. The van der Waals surface area contributed by atoms with E-state index >= 15 is 0 Å². The van der Waals surface area contributed by atoms with Gasteiger partial charge in [-0.05, 0) is 24.6 Å². The molecule has 1 atom stereocenters. The summed E-state index contributed by atoms with van der Waals surface area (Å²) in [5.74, 6) is -1.95. The molecule has 0 fully saturated rings. The molecule has 0 aliphatic heterocycles. The van der Waals surface area contributed by atoms with Crippen LogP contribution in [0.15, 0.2) is 28.7 Å². The number of alkyl halides is 3. The Morgan fingerprint density at radius 3 is 2.22 bits per heavy atom. The maximum Gasteiger partial charge on any atom is 0.417 e. The monoisotopic (exact) mass is 325 g/mol. The first-order chi connectivity index (χ1) is 8.17. The third-order valence-electron chi connectivity index (χ3n) is 2.55. The maximum atomic E-state index is 12.7. The number of rotatable bonds is 4. The van der Waals surface area contributed by atoms with E-state index in [0.29, 0.717) is 12.5 Å². The fourth-order valence-electron chi connectivity index (χ4n) is 1.18. The minimum atomic E-state index is -4.87. The molecule has 0 aliphatic carbocycles. The third-order valence-corrected chi connectivity index (χ3v) is 3.08. The predicted molar refractivity (Wildman–Crippen MR) is 63.1 cm³/mol. The first-order valence-corrected chi connectivity index (χ1v) is 5.76. The van der Waals surface area contributed by atoms with Gasteiger partial charge in [-0.15, -0.1) is 0 Å². The van der Waals surface area contributed by atoms with Gasteiger partial charge in [-0.1, -0.05) is 28.1 Å². The summed E-state index contributed by atoms with van der Waals surface area (Å²) in [7, 11) is 0. The molecular formula is C11H11BrF3NO2. The van der Waals surface area contributed by atoms with E-state index in [1.807, 2.05) is 5.32 Å². The number of carbonyl (C=O) groups is 1. The van der Waals surface area contributed by atoms with E-state index in [-0.39, 0.29) is 6.54 Å². The summed E-state index contributed by atoms with van der Waals surface area (Å²) in [5, 5.41) is 10.7. The SMILES string of the molecule is CC(NCc1ccc(Br)cc1)(C(=O)O)C(F)(F)F. The molecule has 0 radical (unpaired) electrons. The molecule has 18 heavy (non-hydrogen) atoms. The van der Waals surface area contributed by atoms with Crippen LogP contribution in [0.1, 0.15) is 12.5 Å². The van der Waals surface area contributed by atoms with Crippen LogP contribution in [0.25, 0.3) is 0 Å². The summed E-state index contributed by atoms with van der Waals surface area (Å²) in [6.45, 7) is 0.420. The van der Waals surface area contributed by atoms with Crippen molar-refractivity contribution in [3.05, 3.63) is 34.3 Å². The maximum absolute atomic E-state index is 12.7. The summed E-state index contributed by atoms with van der Waals surface area (Å²) in [6, 6.07) is 6.55. The highest BCUT2D eigenvalue weighted by Gasteiger charge is 2.57. The molecule has 7 heteroatoms. The highest BCUT2D eigenvalue weighted by atomic mass is 79.9. The second-order valence-electron chi connectivity index (χ2n) is 3.91. The fraction of sp³-hybridized carbons (Fsp3) is 0.364. The Morgan fingerprint density at radius 1 is 1.33 bits per heavy atom. The van der Waals surface area contributed by atoms with Crippen molar-refractivity contribution < 1.29 is 23.1 Å². The molecule has 2 N–H and O–H groups in total. The lowest BCUT2D eigenvalue weighted by Crippen LogP contribution is -2.59. The van der Waals surface area contributed by atoms with Crippen LogP contribution in [0.2, 0.25) is 0 Å². The van der Waals surface area contributed by atoms with Gasteiger partial charge < -0.3 is 5.11 Å². The zero-order valence-electron chi connectivity index (χ0n) is 9.38. The zero-order chi connectivity index (χ0) is 14.0. The van der Waals surface area contributed by atoms with Gasteiger partial charge in [0.2, 0.25) is 5.54 Å². The van der Waals surface area contributed by atoms with Crippen molar-refractivity contribution in [2.45, 2.75) is 25.2 Å². The van der Waals surface area contributed by atoms with Crippen molar-refractivity contribution in [1.29, 1.82) is 0 Å². The van der Waals surface area contributed by atoms with Crippen molar-refractivity contribution in [2.75, 3.05) is 0 Å². The van der Waals surface area contributed by atoms with Crippen LogP contribution in [-0.4, -0.2) is 22.8 Å². The van der Waals surface area contributed by atoms with Gasteiger partial charge in [-0.3, -0.25) is 5.32 Å². The zero-order valence-corrected chi connectivity index (χ0v) is 11.0. The molecule has 0 heterocycles. The lowest BCUT2D eigenvalue weighted by molar-refractivity contribution is -0.206. The van der Waals surface area contributed by atoms with E-state index in [1.54, 1.807) is 24.3 Å². The van der Waals surface area contributed by atoms with Gasteiger partial charge >= 0.3 is 12.1 Å². The van der Waals surface area contributed by atoms with Crippen molar-refractivity contribution >= 4 is 21.9 Å². The second-order valence-corrected chi connectivity index (χ2v) is 4.82. The van der Waals surface area contributed by atoms with Crippen LogP contribution in [0.3, 0.4) is 0 Å². The number of hydrogen-bond donors (Lipinski definition) is 2. The van der Waals surface area contributed by atoms with Crippen LogP contribution in [0.5, 0.6) is 0 Å². The Hall–Kier alpha value is -1.08.